The Labute approximate surface area is 191 Å². The van der Waals surface area contributed by atoms with Crippen LogP contribution in [0.15, 0.2) is 30.3 Å². The second-order valence-corrected chi connectivity index (χ2v) is 7.83. The predicted molar refractivity (Wildman–Crippen MR) is 124 cm³/mol. The van der Waals surface area contributed by atoms with Gasteiger partial charge in [0.25, 0.3) is 0 Å². The number of carbonyl (C=O) groups is 2. The summed E-state index contributed by atoms with van der Waals surface area (Å²) in [7, 11) is 5.92. The molecule has 0 bridgehead atoms. The van der Waals surface area contributed by atoms with Crippen molar-refractivity contribution in [2.24, 2.45) is 0 Å². The number of benzene rings is 2. The number of aryl methyl sites for hydroxylation is 2. The standard InChI is InChI=1S/C25H26N2O6/c1-12-7-8-16-15(9-12)20(24(28)27-16)21-19(25(29)33-6)13(2)26-22(21)14-10-17(30-3)23(32-5)18(11-14)31-4/h7-11,20,26H,1-6H3,(H,27,28)/t20-/m1/s1. The van der Waals surface area contributed by atoms with Crippen LogP contribution in [0.2, 0.25) is 0 Å². The van der Waals surface area contributed by atoms with Crippen LogP contribution in [0.1, 0.15) is 38.7 Å². The molecule has 1 atom stereocenters. The van der Waals surface area contributed by atoms with E-state index in [4.69, 9.17) is 18.9 Å². The number of anilines is 1. The summed E-state index contributed by atoms with van der Waals surface area (Å²) in [5.41, 5.74) is 5.27. The van der Waals surface area contributed by atoms with Crippen molar-refractivity contribution >= 4 is 17.6 Å². The van der Waals surface area contributed by atoms with Crippen LogP contribution in [-0.2, 0) is 9.53 Å². The van der Waals surface area contributed by atoms with Gasteiger partial charge in [-0.05, 0) is 37.6 Å². The maximum Gasteiger partial charge on any atom is 0.340 e. The molecule has 1 amide bonds. The lowest BCUT2D eigenvalue weighted by Crippen LogP contribution is -2.17. The van der Waals surface area contributed by atoms with Crippen LogP contribution in [-0.4, -0.2) is 45.3 Å². The molecule has 8 heteroatoms. The fraction of sp³-hybridized carbons (Fsp3) is 0.280. The highest BCUT2D eigenvalue weighted by atomic mass is 16.5. The van der Waals surface area contributed by atoms with Crippen molar-refractivity contribution in [3.63, 3.8) is 0 Å². The molecule has 0 fully saturated rings. The van der Waals surface area contributed by atoms with Gasteiger partial charge in [-0.3, -0.25) is 4.79 Å². The third-order valence-electron chi connectivity index (χ3n) is 5.90. The van der Waals surface area contributed by atoms with Gasteiger partial charge in [0.05, 0.1) is 45.6 Å². The van der Waals surface area contributed by atoms with E-state index < -0.39 is 11.9 Å². The average molecular weight is 450 g/mol. The van der Waals surface area contributed by atoms with E-state index in [1.807, 2.05) is 25.1 Å². The van der Waals surface area contributed by atoms with Gasteiger partial charge in [0.1, 0.15) is 0 Å². The minimum absolute atomic E-state index is 0.214. The fourth-order valence-electron chi connectivity index (χ4n) is 4.42. The number of H-pyrrole nitrogens is 1. The van der Waals surface area contributed by atoms with Gasteiger partial charge in [0, 0.05) is 22.5 Å². The van der Waals surface area contributed by atoms with Crippen molar-refractivity contribution < 1.29 is 28.5 Å². The van der Waals surface area contributed by atoms with Gasteiger partial charge in [0.15, 0.2) is 11.5 Å². The van der Waals surface area contributed by atoms with E-state index in [0.717, 1.165) is 16.8 Å². The molecule has 2 aromatic carbocycles. The summed E-state index contributed by atoms with van der Waals surface area (Å²) in [6, 6.07) is 9.33. The Morgan fingerprint density at radius 1 is 0.939 bits per heavy atom. The first kappa shape index (κ1) is 22.3. The van der Waals surface area contributed by atoms with E-state index in [1.54, 1.807) is 19.1 Å². The number of ether oxygens (including phenoxy) is 4. The number of methoxy groups -OCH3 is 4. The second-order valence-electron chi connectivity index (χ2n) is 7.83. The molecule has 172 valence electrons. The molecule has 0 aliphatic carbocycles. The molecule has 2 heterocycles. The lowest BCUT2D eigenvalue weighted by molar-refractivity contribution is -0.116. The average Bonchev–Trinajstić information content (AvgIpc) is 3.32. The van der Waals surface area contributed by atoms with E-state index in [2.05, 4.69) is 10.3 Å². The first-order valence-electron chi connectivity index (χ1n) is 10.4. The molecule has 1 aliphatic rings. The lowest BCUT2D eigenvalue weighted by Gasteiger charge is -2.17. The summed E-state index contributed by atoms with van der Waals surface area (Å²) >= 11 is 0. The number of aromatic amines is 1. The molecular formula is C25H26N2O6. The molecule has 0 saturated heterocycles. The highest BCUT2D eigenvalue weighted by Crippen LogP contribution is 2.47. The molecule has 3 aromatic rings. The number of rotatable bonds is 6. The SMILES string of the molecule is COC(=O)c1c(C)[nH]c(-c2cc(OC)c(OC)c(OC)c2)c1[C@@H]1C(=O)Nc2ccc(C)cc21. The molecule has 8 nitrogen and oxygen atoms in total. The number of nitrogens with one attached hydrogen (secondary N) is 2. The maximum atomic E-state index is 13.2. The Bertz CT molecular complexity index is 1240. The van der Waals surface area contributed by atoms with Gasteiger partial charge < -0.3 is 29.2 Å². The zero-order valence-corrected chi connectivity index (χ0v) is 19.4. The highest BCUT2D eigenvalue weighted by molar-refractivity contribution is 6.08. The number of esters is 1. The summed E-state index contributed by atoms with van der Waals surface area (Å²) in [5, 5.41) is 2.93. The predicted octanol–water partition coefficient (Wildman–Crippen LogP) is 4.19. The van der Waals surface area contributed by atoms with Crippen molar-refractivity contribution in [1.82, 2.24) is 4.98 Å². The number of hydrogen-bond donors (Lipinski definition) is 2. The molecule has 0 saturated carbocycles. The van der Waals surface area contributed by atoms with Gasteiger partial charge >= 0.3 is 5.97 Å². The van der Waals surface area contributed by atoms with Gasteiger partial charge in [-0.25, -0.2) is 4.79 Å². The molecule has 0 radical (unpaired) electrons. The van der Waals surface area contributed by atoms with E-state index in [1.165, 1.54) is 28.4 Å². The van der Waals surface area contributed by atoms with Gasteiger partial charge in [-0.1, -0.05) is 17.7 Å². The van der Waals surface area contributed by atoms with Crippen LogP contribution in [0, 0.1) is 13.8 Å². The van der Waals surface area contributed by atoms with Gasteiger partial charge in [0.2, 0.25) is 11.7 Å². The maximum absolute atomic E-state index is 13.2. The van der Waals surface area contributed by atoms with Crippen molar-refractivity contribution in [2.75, 3.05) is 33.8 Å². The number of hydrogen-bond acceptors (Lipinski definition) is 6. The molecule has 0 spiro atoms. The Morgan fingerprint density at radius 2 is 1.61 bits per heavy atom. The monoisotopic (exact) mass is 450 g/mol. The highest BCUT2D eigenvalue weighted by Gasteiger charge is 2.39. The summed E-state index contributed by atoms with van der Waals surface area (Å²) in [5.74, 6) is -0.0808. The van der Waals surface area contributed by atoms with Gasteiger partial charge in [-0.2, -0.15) is 0 Å². The largest absolute Gasteiger partial charge is 0.493 e. The van der Waals surface area contributed by atoms with Crippen molar-refractivity contribution in [1.29, 1.82) is 0 Å². The number of amides is 1. The Balaban J connectivity index is 2.03. The lowest BCUT2D eigenvalue weighted by atomic mass is 9.87. The summed E-state index contributed by atoms with van der Waals surface area (Å²) in [6.07, 6.45) is 0. The third-order valence-corrected chi connectivity index (χ3v) is 5.90. The molecular weight excluding hydrogens is 424 g/mol. The molecule has 33 heavy (non-hydrogen) atoms. The van der Waals surface area contributed by atoms with Crippen LogP contribution >= 0.6 is 0 Å². The van der Waals surface area contributed by atoms with Gasteiger partial charge in [-0.15, -0.1) is 0 Å². The Morgan fingerprint density at radius 3 is 2.18 bits per heavy atom. The number of fused-ring (bicyclic) bond motifs is 1. The molecule has 4 rings (SSSR count). The third kappa shape index (κ3) is 3.57. The van der Waals surface area contributed by atoms with Crippen molar-refractivity contribution in [3.8, 4) is 28.5 Å². The summed E-state index contributed by atoms with van der Waals surface area (Å²) in [6.45, 7) is 3.74. The van der Waals surface area contributed by atoms with Crippen LogP contribution in [0.5, 0.6) is 17.2 Å². The topological polar surface area (TPSA) is 98.9 Å². The summed E-state index contributed by atoms with van der Waals surface area (Å²) in [4.78, 5) is 29.3. The normalized spacial score (nSPS) is 14.5. The Kier molecular flexibility index (Phi) is 5.76. The number of carbonyl (C=O) groups excluding carboxylic acids is 2. The van der Waals surface area contributed by atoms with Crippen molar-refractivity contribution in [2.45, 2.75) is 19.8 Å². The van der Waals surface area contributed by atoms with Crippen LogP contribution in [0.4, 0.5) is 5.69 Å². The van der Waals surface area contributed by atoms with E-state index in [9.17, 15) is 9.59 Å². The molecule has 1 aromatic heterocycles. The molecule has 0 unspecified atom stereocenters. The minimum atomic E-state index is -0.701. The quantitative estimate of drug-likeness (QED) is 0.547. The zero-order chi connectivity index (χ0) is 23.9. The zero-order valence-electron chi connectivity index (χ0n) is 19.4. The first-order valence-corrected chi connectivity index (χ1v) is 10.4. The second kappa shape index (κ2) is 8.54. The Hall–Kier alpha value is -3.94. The fourth-order valence-corrected chi connectivity index (χ4v) is 4.42. The van der Waals surface area contributed by atoms with Crippen molar-refractivity contribution in [3.05, 3.63) is 58.3 Å². The molecule has 2 N–H and O–H groups in total. The first-order chi connectivity index (χ1) is 15.8. The smallest absolute Gasteiger partial charge is 0.340 e. The van der Waals surface area contributed by atoms with E-state index in [0.29, 0.717) is 45.3 Å². The van der Waals surface area contributed by atoms with Crippen LogP contribution in [0.25, 0.3) is 11.3 Å². The number of aromatic nitrogens is 1. The minimum Gasteiger partial charge on any atom is -0.493 e. The van der Waals surface area contributed by atoms with E-state index in [-0.39, 0.29) is 5.91 Å². The van der Waals surface area contributed by atoms with Crippen LogP contribution < -0.4 is 19.5 Å². The van der Waals surface area contributed by atoms with Crippen LogP contribution in [0.3, 0.4) is 0 Å². The van der Waals surface area contributed by atoms with E-state index >= 15 is 0 Å². The molecule has 1 aliphatic heterocycles. The summed E-state index contributed by atoms with van der Waals surface area (Å²) < 4.78 is 21.6.